The van der Waals surface area contributed by atoms with Gasteiger partial charge in [0, 0.05) is 28.4 Å². The van der Waals surface area contributed by atoms with E-state index in [-0.39, 0.29) is 6.71 Å². The Morgan fingerprint density at radius 1 is 0.551 bits per heavy atom. The van der Waals surface area contributed by atoms with Gasteiger partial charge in [-0.1, -0.05) is 139 Å². The van der Waals surface area contributed by atoms with Gasteiger partial charge in [-0.2, -0.15) is 0 Å². The van der Waals surface area contributed by atoms with Crippen LogP contribution in [-0.2, 0) is 0 Å². The summed E-state index contributed by atoms with van der Waals surface area (Å²) in [4.78, 5) is 4.70. The molecule has 2 aliphatic rings. The Bertz CT molecular complexity index is 2400. The van der Waals surface area contributed by atoms with Crippen LogP contribution in [0.1, 0.15) is 17.5 Å². The number of rotatable bonds is 5. The maximum absolute atomic E-state index is 7.77. The molecule has 1 heterocycles. The van der Waals surface area contributed by atoms with Crippen LogP contribution in [0.3, 0.4) is 0 Å². The van der Waals surface area contributed by atoms with Crippen molar-refractivity contribution in [2.45, 2.75) is 6.42 Å². The zero-order valence-electron chi connectivity index (χ0n) is 26.9. The lowest BCUT2D eigenvalue weighted by atomic mass is 9.34. The number of para-hydroxylation sites is 3. The smallest absolute Gasteiger partial charge is 0.249 e. The molecule has 0 spiro atoms. The Kier molecular flexibility index (Phi) is 7.41. The molecule has 4 heteroatoms. The van der Waals surface area contributed by atoms with Gasteiger partial charge >= 0.3 is 0 Å². The third kappa shape index (κ3) is 5.06. The first-order valence-corrected chi connectivity index (χ1v) is 17.2. The molecule has 0 unspecified atom stereocenters. The normalized spacial score (nSPS) is 13.1. The Morgan fingerprint density at radius 3 is 2.12 bits per heavy atom. The Labute approximate surface area is 292 Å². The lowest BCUT2D eigenvalue weighted by Crippen LogP contribution is -2.58. The summed E-state index contributed by atoms with van der Waals surface area (Å²) in [5, 5.41) is 3.14. The number of fused-ring (bicyclic) bond motifs is 5. The van der Waals surface area contributed by atoms with E-state index in [9.17, 15) is 0 Å². The zero-order valence-corrected chi connectivity index (χ0v) is 27.6. The fourth-order valence-electron chi connectivity index (χ4n) is 7.58. The molecule has 49 heavy (non-hydrogen) atoms. The minimum absolute atomic E-state index is 0.0982. The summed E-state index contributed by atoms with van der Waals surface area (Å²) in [6.45, 7) is -0.0982. The molecule has 7 aromatic rings. The first-order chi connectivity index (χ1) is 24.3. The molecule has 0 N–H and O–H groups in total. The van der Waals surface area contributed by atoms with Crippen molar-refractivity contribution in [2.75, 3.05) is 9.80 Å². The molecule has 1 aliphatic heterocycles. The van der Waals surface area contributed by atoms with Crippen molar-refractivity contribution in [1.82, 2.24) is 0 Å². The molecule has 2 nitrogen and oxygen atoms in total. The van der Waals surface area contributed by atoms with Crippen LogP contribution in [0.15, 0.2) is 170 Å². The van der Waals surface area contributed by atoms with Crippen molar-refractivity contribution in [2.24, 2.45) is 0 Å². The molecule has 0 saturated heterocycles. The summed E-state index contributed by atoms with van der Waals surface area (Å²) in [6, 6.07) is 56.2. The van der Waals surface area contributed by atoms with Crippen molar-refractivity contribution in [1.29, 1.82) is 0 Å². The maximum Gasteiger partial charge on any atom is 0.249 e. The third-order valence-corrected chi connectivity index (χ3v) is 10.2. The largest absolute Gasteiger partial charge is 0.312 e. The average Bonchev–Trinajstić information content (AvgIpc) is 3.42. The minimum Gasteiger partial charge on any atom is -0.312 e. The van der Waals surface area contributed by atoms with E-state index in [1.165, 1.54) is 38.5 Å². The quantitative estimate of drug-likeness (QED) is 0.172. The molecule has 0 saturated carbocycles. The first kappa shape index (κ1) is 29.4. The van der Waals surface area contributed by atoms with Gasteiger partial charge < -0.3 is 9.80 Å². The van der Waals surface area contributed by atoms with Gasteiger partial charge in [-0.25, -0.2) is 0 Å². The summed E-state index contributed by atoms with van der Waals surface area (Å²) >= 11 is 7.77. The molecule has 0 atom stereocenters. The summed E-state index contributed by atoms with van der Waals surface area (Å²) in [5.41, 5.74) is 12.6. The Morgan fingerprint density at radius 2 is 1.27 bits per heavy atom. The van der Waals surface area contributed by atoms with Gasteiger partial charge in [0.2, 0.25) is 6.71 Å². The Hall–Kier alpha value is -5.77. The molecule has 1 aliphatic carbocycles. The van der Waals surface area contributed by atoms with Crippen molar-refractivity contribution in [3.8, 4) is 0 Å². The monoisotopic (exact) mass is 646 g/mol. The van der Waals surface area contributed by atoms with E-state index in [1.54, 1.807) is 0 Å². The fourth-order valence-corrected chi connectivity index (χ4v) is 7.90. The van der Waals surface area contributed by atoms with Crippen molar-refractivity contribution in [3.05, 3.63) is 186 Å². The fraction of sp³-hybridized carbons (Fsp3) is 0.0222. The van der Waals surface area contributed by atoms with Gasteiger partial charge in [-0.15, -0.1) is 0 Å². The molecule has 0 aromatic heterocycles. The molecule has 0 bridgehead atoms. The lowest BCUT2D eigenvalue weighted by Gasteiger charge is -2.38. The molecular formula is C45H32BClN2. The second-order valence-electron chi connectivity index (χ2n) is 12.6. The van der Waals surface area contributed by atoms with Gasteiger partial charge in [0.15, 0.2) is 0 Å². The number of hydrogen-bond donors (Lipinski definition) is 0. The molecular weight excluding hydrogens is 615 g/mol. The topological polar surface area (TPSA) is 6.48 Å². The second-order valence-corrected chi connectivity index (χ2v) is 13.0. The molecule has 0 radical (unpaired) electrons. The van der Waals surface area contributed by atoms with E-state index in [0.717, 1.165) is 45.3 Å². The number of anilines is 6. The Balaban J connectivity index is 1.30. The SMILES string of the molecule is Clc1c(B2c3ccccc3N(c3ccccc3)c3ccc4c(c32)C=CCC=C4)cccc1N(c1ccccc1)c1ccc2ccccc2c1. The van der Waals surface area contributed by atoms with E-state index in [0.29, 0.717) is 0 Å². The lowest BCUT2D eigenvalue weighted by molar-refractivity contribution is 1.29. The van der Waals surface area contributed by atoms with Crippen molar-refractivity contribution in [3.63, 3.8) is 0 Å². The van der Waals surface area contributed by atoms with Gasteiger partial charge in [-0.05, 0) is 99.3 Å². The highest BCUT2D eigenvalue weighted by molar-refractivity contribution is 6.99. The van der Waals surface area contributed by atoms with E-state index in [2.05, 4.69) is 192 Å². The zero-order chi connectivity index (χ0) is 32.7. The summed E-state index contributed by atoms with van der Waals surface area (Å²) in [5.74, 6) is 0. The predicted octanol–water partition coefficient (Wildman–Crippen LogP) is 10.7. The molecule has 232 valence electrons. The second kappa shape index (κ2) is 12.4. The third-order valence-electron chi connectivity index (χ3n) is 9.75. The van der Waals surface area contributed by atoms with Gasteiger partial charge in [0.1, 0.15) is 0 Å². The number of nitrogens with zero attached hydrogens (tertiary/aromatic N) is 2. The van der Waals surface area contributed by atoms with Gasteiger partial charge in [0.25, 0.3) is 0 Å². The van der Waals surface area contributed by atoms with E-state index in [4.69, 9.17) is 11.6 Å². The highest BCUT2D eigenvalue weighted by Gasteiger charge is 2.38. The minimum atomic E-state index is -0.0982. The molecule has 9 rings (SSSR count). The van der Waals surface area contributed by atoms with Crippen LogP contribution in [0.2, 0.25) is 5.02 Å². The van der Waals surface area contributed by atoms with Crippen LogP contribution in [0.5, 0.6) is 0 Å². The predicted molar refractivity (Wildman–Crippen MR) is 212 cm³/mol. The standard InChI is InChI=1S/C45H32BClN2/c47-45-40(24-14-26-43(45)48(35-18-5-2-6-19-35)37-29-27-32-15-10-11-17-34(32)31-37)46-39-23-12-13-25-41(39)49(36-20-7-3-8-21-36)42-30-28-33-16-4-1-9-22-38(33)44(42)46/h2-31H,1H2. The van der Waals surface area contributed by atoms with Crippen LogP contribution in [-0.4, -0.2) is 6.71 Å². The number of allylic oxidation sites excluding steroid dienone is 2. The first-order valence-electron chi connectivity index (χ1n) is 16.8. The summed E-state index contributed by atoms with van der Waals surface area (Å²) in [7, 11) is 0. The van der Waals surface area contributed by atoms with Crippen molar-refractivity contribution < 1.29 is 0 Å². The maximum atomic E-state index is 7.77. The highest BCUT2D eigenvalue weighted by atomic mass is 35.5. The average molecular weight is 647 g/mol. The molecule has 0 fully saturated rings. The summed E-state index contributed by atoms with van der Waals surface area (Å²) < 4.78 is 0. The van der Waals surface area contributed by atoms with Gasteiger partial charge in [-0.3, -0.25) is 0 Å². The van der Waals surface area contributed by atoms with Crippen LogP contribution >= 0.6 is 11.6 Å². The molecule has 0 amide bonds. The number of halogens is 1. The van der Waals surface area contributed by atoms with E-state index < -0.39 is 0 Å². The van der Waals surface area contributed by atoms with Crippen LogP contribution in [0.25, 0.3) is 22.9 Å². The van der Waals surface area contributed by atoms with Gasteiger partial charge in [0.05, 0.1) is 10.7 Å². The van der Waals surface area contributed by atoms with E-state index in [1.807, 2.05) is 0 Å². The van der Waals surface area contributed by atoms with E-state index >= 15 is 0 Å². The number of benzene rings is 7. The summed E-state index contributed by atoms with van der Waals surface area (Å²) in [6.07, 6.45) is 9.98. The number of hydrogen-bond acceptors (Lipinski definition) is 2. The van der Waals surface area contributed by atoms with Crippen LogP contribution in [0.4, 0.5) is 34.1 Å². The van der Waals surface area contributed by atoms with Crippen LogP contribution in [0, 0.1) is 0 Å². The molecule has 7 aromatic carbocycles. The van der Waals surface area contributed by atoms with Crippen molar-refractivity contribution >= 4 is 91.8 Å². The van der Waals surface area contributed by atoms with Crippen LogP contribution < -0.4 is 26.2 Å². The highest BCUT2D eigenvalue weighted by Crippen LogP contribution is 2.41.